The fraction of sp³-hybridized carbons (Fsp3) is 0.429. The molecule has 1 heterocycles. The third-order valence-corrected chi connectivity index (χ3v) is 5.82. The molecule has 1 unspecified atom stereocenters. The van der Waals surface area contributed by atoms with E-state index in [1.165, 1.54) is 25.9 Å². The van der Waals surface area contributed by atoms with Crippen LogP contribution in [0.1, 0.15) is 40.0 Å². The molecule has 1 aliphatic heterocycles. The van der Waals surface area contributed by atoms with Crippen LogP contribution in [0, 0.1) is 0 Å². The van der Waals surface area contributed by atoms with Gasteiger partial charge in [0.15, 0.2) is 0 Å². The van der Waals surface area contributed by atoms with Gasteiger partial charge in [-0.2, -0.15) is 0 Å². The number of hydrogen-bond donors (Lipinski definition) is 1. The zero-order valence-electron chi connectivity index (χ0n) is 21.1. The number of halogens is 1. The fourth-order valence-electron chi connectivity index (χ4n) is 3.61. The molecule has 0 spiro atoms. The highest BCUT2D eigenvalue weighted by atomic mass is 35.5. The molecule has 1 atom stereocenters. The first kappa shape index (κ1) is 28.8. The van der Waals surface area contributed by atoms with Gasteiger partial charge in [-0.1, -0.05) is 67.8 Å². The number of hydrogen-bond acceptors (Lipinski definition) is 4. The van der Waals surface area contributed by atoms with Crippen molar-refractivity contribution in [1.29, 1.82) is 0 Å². The zero-order valence-corrected chi connectivity index (χ0v) is 21.8. The first-order chi connectivity index (χ1) is 15.8. The molecule has 4 nitrogen and oxygen atoms in total. The van der Waals surface area contributed by atoms with E-state index in [0.717, 1.165) is 41.5 Å². The van der Waals surface area contributed by atoms with Gasteiger partial charge in [-0.15, -0.1) is 0 Å². The number of allylic oxidation sites excluding steroid dienone is 3. The number of nitrogens with zero attached hydrogens (tertiary/aromatic N) is 3. The van der Waals surface area contributed by atoms with Gasteiger partial charge >= 0.3 is 0 Å². The summed E-state index contributed by atoms with van der Waals surface area (Å²) in [4.78, 5) is 2.50. The van der Waals surface area contributed by atoms with Gasteiger partial charge in [0.1, 0.15) is 0 Å². The molecular formula is C28H43ClN4. The fourth-order valence-corrected chi connectivity index (χ4v) is 3.75. The van der Waals surface area contributed by atoms with Crippen LogP contribution >= 0.6 is 11.6 Å². The van der Waals surface area contributed by atoms with Gasteiger partial charge in [-0.25, -0.2) is 5.01 Å². The molecule has 1 aliphatic rings. The normalized spacial score (nSPS) is 15.2. The lowest BCUT2D eigenvalue weighted by molar-refractivity contribution is 0.0349. The molecule has 0 radical (unpaired) electrons. The minimum Gasteiger partial charge on any atom is -0.390 e. The average Bonchev–Trinajstić information content (AvgIpc) is 3.32. The predicted octanol–water partition coefficient (Wildman–Crippen LogP) is 6.63. The second kappa shape index (κ2) is 16.4. The summed E-state index contributed by atoms with van der Waals surface area (Å²) in [5, 5.41) is 8.40. The van der Waals surface area contributed by atoms with Crippen molar-refractivity contribution in [2.24, 2.45) is 0 Å². The summed E-state index contributed by atoms with van der Waals surface area (Å²) in [6, 6.07) is 9.73. The van der Waals surface area contributed by atoms with Gasteiger partial charge in [0, 0.05) is 43.3 Å². The van der Waals surface area contributed by atoms with Crippen molar-refractivity contribution in [2.45, 2.75) is 46.1 Å². The van der Waals surface area contributed by atoms with Gasteiger partial charge < -0.3 is 5.32 Å². The minimum atomic E-state index is 0.285. The lowest BCUT2D eigenvalue weighted by Crippen LogP contribution is -2.47. The summed E-state index contributed by atoms with van der Waals surface area (Å²) >= 11 is 5.54. The van der Waals surface area contributed by atoms with Crippen LogP contribution in [0.15, 0.2) is 91.5 Å². The number of hydrazine groups is 1. The second-order valence-corrected chi connectivity index (χ2v) is 8.78. The van der Waals surface area contributed by atoms with Crippen molar-refractivity contribution >= 4 is 11.6 Å². The molecule has 1 N–H and O–H groups in total. The number of likely N-dealkylation sites (tertiary alicyclic amines) is 1. The molecule has 33 heavy (non-hydrogen) atoms. The Bertz CT molecular complexity index is 778. The van der Waals surface area contributed by atoms with Crippen molar-refractivity contribution in [3.05, 3.63) is 96.5 Å². The van der Waals surface area contributed by atoms with E-state index in [2.05, 4.69) is 72.2 Å². The number of nitrogens with one attached hydrogen (secondary N) is 1. The molecule has 0 bridgehead atoms. The summed E-state index contributed by atoms with van der Waals surface area (Å²) in [5.41, 5.74) is 3.17. The maximum Gasteiger partial charge on any atom is 0.0556 e. The van der Waals surface area contributed by atoms with E-state index < -0.39 is 0 Å². The second-order valence-electron chi connectivity index (χ2n) is 8.35. The topological polar surface area (TPSA) is 21.8 Å². The van der Waals surface area contributed by atoms with E-state index in [1.54, 1.807) is 6.20 Å². The van der Waals surface area contributed by atoms with E-state index in [-0.39, 0.29) is 6.04 Å². The predicted molar refractivity (Wildman–Crippen MR) is 146 cm³/mol. The van der Waals surface area contributed by atoms with E-state index >= 15 is 0 Å². The van der Waals surface area contributed by atoms with Crippen molar-refractivity contribution in [3.8, 4) is 0 Å². The van der Waals surface area contributed by atoms with Gasteiger partial charge in [0.2, 0.25) is 0 Å². The molecule has 0 aliphatic carbocycles. The Balaban J connectivity index is 0.000000657. The zero-order chi connectivity index (χ0) is 24.6. The third-order valence-electron chi connectivity index (χ3n) is 5.56. The Morgan fingerprint density at radius 2 is 1.82 bits per heavy atom. The molecule has 2 rings (SSSR count). The smallest absolute Gasteiger partial charge is 0.0556 e. The SMILES string of the molecule is C=CNCC(C)N(C)N(C(=C)C/C=C/CN1CCCC1)/C(=C\C)C(=C)C.Clc1ccccc1. The highest BCUT2D eigenvalue weighted by Gasteiger charge is 2.21. The molecule has 1 saturated heterocycles. The van der Waals surface area contributed by atoms with Crippen LogP contribution < -0.4 is 5.32 Å². The van der Waals surface area contributed by atoms with Crippen molar-refractivity contribution in [3.63, 3.8) is 0 Å². The highest BCUT2D eigenvalue weighted by Crippen LogP contribution is 2.24. The van der Waals surface area contributed by atoms with Crippen LogP contribution in [0.2, 0.25) is 5.02 Å². The van der Waals surface area contributed by atoms with Crippen molar-refractivity contribution in [2.75, 3.05) is 33.2 Å². The summed E-state index contributed by atoms with van der Waals surface area (Å²) in [6.45, 7) is 22.8. The summed E-state index contributed by atoms with van der Waals surface area (Å²) in [7, 11) is 2.10. The van der Waals surface area contributed by atoms with Crippen molar-refractivity contribution < 1.29 is 0 Å². The number of likely N-dealkylation sites (N-methyl/N-ethyl adjacent to an activating group) is 1. The lowest BCUT2D eigenvalue weighted by atomic mass is 10.2. The van der Waals surface area contributed by atoms with E-state index in [1.807, 2.05) is 44.2 Å². The Morgan fingerprint density at radius 3 is 2.30 bits per heavy atom. The number of benzene rings is 1. The molecule has 182 valence electrons. The number of rotatable bonds is 12. The van der Waals surface area contributed by atoms with Crippen molar-refractivity contribution in [1.82, 2.24) is 20.2 Å². The van der Waals surface area contributed by atoms with Gasteiger partial charge in [0.05, 0.1) is 5.70 Å². The van der Waals surface area contributed by atoms with Gasteiger partial charge in [-0.3, -0.25) is 9.91 Å². The van der Waals surface area contributed by atoms with E-state index in [4.69, 9.17) is 11.6 Å². The molecular weight excluding hydrogens is 428 g/mol. The molecule has 0 amide bonds. The molecule has 1 fully saturated rings. The Morgan fingerprint density at radius 1 is 1.18 bits per heavy atom. The van der Waals surface area contributed by atoms with Crippen LogP contribution in [-0.4, -0.2) is 54.2 Å². The van der Waals surface area contributed by atoms with Crippen LogP contribution in [0.25, 0.3) is 0 Å². The quantitative estimate of drug-likeness (QED) is 0.210. The van der Waals surface area contributed by atoms with E-state index in [9.17, 15) is 0 Å². The monoisotopic (exact) mass is 470 g/mol. The largest absolute Gasteiger partial charge is 0.390 e. The van der Waals surface area contributed by atoms with Crippen LogP contribution in [-0.2, 0) is 0 Å². The Labute approximate surface area is 207 Å². The maximum atomic E-state index is 5.54. The maximum absolute atomic E-state index is 5.54. The Kier molecular flexibility index (Phi) is 14.3. The standard InChI is InChI=1S/C22H38N4.C6H5Cl/c1-8-22(19(3)4)26(24(7)21(6)18-23-9-2)20(5)14-10-11-15-25-16-12-13-17-25;7-6-4-2-1-3-5-6/h8-11,21,23H,2-3,5,12-18H2,1,4,6-7H3;1-5H/b11-10+,22-8-;. The summed E-state index contributed by atoms with van der Waals surface area (Å²) in [6.07, 6.45) is 11.8. The van der Waals surface area contributed by atoms with Gasteiger partial charge in [0.25, 0.3) is 0 Å². The van der Waals surface area contributed by atoms with Crippen LogP contribution in [0.4, 0.5) is 0 Å². The van der Waals surface area contributed by atoms with Gasteiger partial charge in [-0.05, 0) is 70.6 Å². The molecule has 1 aromatic carbocycles. The van der Waals surface area contributed by atoms with Crippen LogP contribution in [0.3, 0.4) is 0 Å². The first-order valence-electron chi connectivity index (χ1n) is 11.8. The Hall–Kier alpha value is -2.27. The summed E-state index contributed by atoms with van der Waals surface area (Å²) in [5.74, 6) is 0. The minimum absolute atomic E-state index is 0.285. The van der Waals surface area contributed by atoms with E-state index in [0.29, 0.717) is 0 Å². The lowest BCUT2D eigenvalue weighted by Gasteiger charge is -2.40. The molecule has 0 saturated carbocycles. The molecule has 0 aromatic heterocycles. The average molecular weight is 471 g/mol. The van der Waals surface area contributed by atoms with Crippen LogP contribution in [0.5, 0.6) is 0 Å². The molecule has 1 aromatic rings. The molecule has 5 heteroatoms. The first-order valence-corrected chi connectivity index (χ1v) is 12.1. The third kappa shape index (κ3) is 10.9. The summed E-state index contributed by atoms with van der Waals surface area (Å²) < 4.78 is 0. The highest BCUT2D eigenvalue weighted by molar-refractivity contribution is 6.30.